The standard InChI is InChI=1S/C8H11NO/c1-3-8(10)9-7-4-6(2)5-7/h3,7H,1-2,4-5H2,(H,9,10). The highest BCUT2D eigenvalue weighted by Gasteiger charge is 2.21. The molecule has 0 heterocycles. The summed E-state index contributed by atoms with van der Waals surface area (Å²) in [6.45, 7) is 7.12. The summed E-state index contributed by atoms with van der Waals surface area (Å²) in [4.78, 5) is 10.7. The Morgan fingerprint density at radius 2 is 2.30 bits per heavy atom. The average molecular weight is 137 g/mol. The lowest BCUT2D eigenvalue weighted by Gasteiger charge is -2.28. The van der Waals surface area contributed by atoms with Crippen molar-refractivity contribution in [2.45, 2.75) is 18.9 Å². The second-order valence-electron chi connectivity index (χ2n) is 2.57. The molecule has 1 saturated carbocycles. The largest absolute Gasteiger partial charge is 0.349 e. The normalized spacial score (nSPS) is 17.8. The van der Waals surface area contributed by atoms with Gasteiger partial charge in [0.05, 0.1) is 0 Å². The predicted molar refractivity (Wildman–Crippen MR) is 40.5 cm³/mol. The second-order valence-corrected chi connectivity index (χ2v) is 2.57. The van der Waals surface area contributed by atoms with Crippen LogP contribution in [0.2, 0.25) is 0 Å². The third kappa shape index (κ3) is 1.47. The Labute approximate surface area is 60.6 Å². The maximum atomic E-state index is 10.7. The lowest BCUT2D eigenvalue weighted by molar-refractivity contribution is -0.117. The van der Waals surface area contributed by atoms with Crippen molar-refractivity contribution >= 4 is 5.91 Å². The summed E-state index contributed by atoms with van der Waals surface area (Å²) in [6.07, 6.45) is 3.15. The van der Waals surface area contributed by atoms with E-state index in [1.165, 1.54) is 11.6 Å². The Hall–Kier alpha value is -1.05. The van der Waals surface area contributed by atoms with Gasteiger partial charge in [-0.25, -0.2) is 0 Å². The van der Waals surface area contributed by atoms with Crippen molar-refractivity contribution in [1.29, 1.82) is 0 Å². The van der Waals surface area contributed by atoms with Crippen LogP contribution in [0.25, 0.3) is 0 Å². The molecule has 0 aromatic rings. The first-order valence-corrected chi connectivity index (χ1v) is 3.32. The molecule has 54 valence electrons. The quantitative estimate of drug-likeness (QED) is 0.446. The van der Waals surface area contributed by atoms with E-state index in [1.807, 2.05) is 0 Å². The average Bonchev–Trinajstić information content (AvgIpc) is 1.84. The van der Waals surface area contributed by atoms with Crippen LogP contribution < -0.4 is 5.32 Å². The molecule has 1 N–H and O–H groups in total. The monoisotopic (exact) mass is 137 g/mol. The van der Waals surface area contributed by atoms with Gasteiger partial charge in [0.1, 0.15) is 0 Å². The van der Waals surface area contributed by atoms with E-state index in [9.17, 15) is 4.79 Å². The van der Waals surface area contributed by atoms with E-state index in [0.717, 1.165) is 12.8 Å². The van der Waals surface area contributed by atoms with E-state index in [1.54, 1.807) is 0 Å². The van der Waals surface area contributed by atoms with Crippen molar-refractivity contribution in [3.8, 4) is 0 Å². The summed E-state index contributed by atoms with van der Waals surface area (Å²) in [5, 5.41) is 2.78. The van der Waals surface area contributed by atoms with Crippen molar-refractivity contribution in [2.24, 2.45) is 0 Å². The Morgan fingerprint density at radius 1 is 1.70 bits per heavy atom. The van der Waals surface area contributed by atoms with Crippen LogP contribution in [-0.2, 0) is 4.79 Å². The molecule has 0 aliphatic heterocycles. The van der Waals surface area contributed by atoms with Crippen molar-refractivity contribution in [3.63, 3.8) is 0 Å². The molecule has 0 unspecified atom stereocenters. The summed E-state index contributed by atoms with van der Waals surface area (Å²) >= 11 is 0. The third-order valence-corrected chi connectivity index (χ3v) is 1.60. The van der Waals surface area contributed by atoms with Crippen LogP contribution in [0.4, 0.5) is 0 Å². The summed E-state index contributed by atoms with van der Waals surface area (Å²) < 4.78 is 0. The zero-order valence-electron chi connectivity index (χ0n) is 5.89. The minimum absolute atomic E-state index is 0.0856. The fourth-order valence-corrected chi connectivity index (χ4v) is 0.999. The number of rotatable bonds is 2. The Morgan fingerprint density at radius 3 is 2.70 bits per heavy atom. The molecule has 10 heavy (non-hydrogen) atoms. The fraction of sp³-hybridized carbons (Fsp3) is 0.375. The molecule has 0 bridgehead atoms. The second kappa shape index (κ2) is 2.69. The Balaban J connectivity index is 2.22. The molecule has 1 fully saturated rings. The lowest BCUT2D eigenvalue weighted by Crippen LogP contribution is -2.39. The first-order valence-electron chi connectivity index (χ1n) is 3.32. The number of amides is 1. The number of hydrogen-bond acceptors (Lipinski definition) is 1. The Kier molecular flexibility index (Phi) is 1.90. The van der Waals surface area contributed by atoms with Crippen LogP contribution in [0.5, 0.6) is 0 Å². The minimum atomic E-state index is -0.0856. The predicted octanol–water partition coefficient (Wildman–Crippen LogP) is 1.01. The molecule has 0 aromatic carbocycles. The van der Waals surface area contributed by atoms with Crippen molar-refractivity contribution < 1.29 is 4.79 Å². The van der Waals surface area contributed by atoms with Gasteiger partial charge in [-0.1, -0.05) is 18.7 Å². The highest BCUT2D eigenvalue weighted by molar-refractivity contribution is 5.87. The van der Waals surface area contributed by atoms with E-state index in [0.29, 0.717) is 6.04 Å². The van der Waals surface area contributed by atoms with Crippen LogP contribution in [0, 0.1) is 0 Å². The third-order valence-electron chi connectivity index (χ3n) is 1.60. The van der Waals surface area contributed by atoms with Crippen molar-refractivity contribution in [3.05, 3.63) is 24.8 Å². The van der Waals surface area contributed by atoms with E-state index >= 15 is 0 Å². The van der Waals surface area contributed by atoms with E-state index < -0.39 is 0 Å². The molecule has 0 saturated heterocycles. The van der Waals surface area contributed by atoms with Crippen LogP contribution in [0.1, 0.15) is 12.8 Å². The van der Waals surface area contributed by atoms with Gasteiger partial charge in [-0.2, -0.15) is 0 Å². The molecule has 0 atom stereocenters. The van der Waals surface area contributed by atoms with Gasteiger partial charge in [0, 0.05) is 6.04 Å². The molecule has 1 aliphatic carbocycles. The molecule has 1 aliphatic rings. The van der Waals surface area contributed by atoms with E-state index in [-0.39, 0.29) is 5.91 Å². The maximum Gasteiger partial charge on any atom is 0.243 e. The summed E-state index contributed by atoms with van der Waals surface area (Å²) in [7, 11) is 0. The maximum absolute atomic E-state index is 10.7. The smallest absolute Gasteiger partial charge is 0.243 e. The molecule has 0 aromatic heterocycles. The van der Waals surface area contributed by atoms with Gasteiger partial charge in [-0.3, -0.25) is 4.79 Å². The van der Waals surface area contributed by atoms with E-state index in [2.05, 4.69) is 18.5 Å². The number of carbonyl (C=O) groups is 1. The summed E-state index contributed by atoms with van der Waals surface area (Å²) in [6, 6.07) is 0.318. The SMILES string of the molecule is C=CC(=O)NC1CC(=C)C1. The molecular weight excluding hydrogens is 126 g/mol. The molecule has 0 spiro atoms. The van der Waals surface area contributed by atoms with E-state index in [4.69, 9.17) is 0 Å². The van der Waals surface area contributed by atoms with Crippen LogP contribution in [0.3, 0.4) is 0 Å². The number of carbonyl (C=O) groups excluding carboxylic acids is 1. The van der Waals surface area contributed by atoms with Crippen LogP contribution in [0.15, 0.2) is 24.8 Å². The van der Waals surface area contributed by atoms with Gasteiger partial charge in [-0.15, -0.1) is 0 Å². The molecule has 2 heteroatoms. The highest BCUT2D eigenvalue weighted by atomic mass is 16.1. The van der Waals surface area contributed by atoms with Gasteiger partial charge in [0.25, 0.3) is 0 Å². The highest BCUT2D eigenvalue weighted by Crippen LogP contribution is 2.23. The first-order chi connectivity index (χ1) is 4.72. The molecule has 1 rings (SSSR count). The minimum Gasteiger partial charge on any atom is -0.349 e. The van der Waals surface area contributed by atoms with Gasteiger partial charge >= 0.3 is 0 Å². The summed E-state index contributed by atoms with van der Waals surface area (Å²) in [5.41, 5.74) is 1.22. The molecule has 0 radical (unpaired) electrons. The van der Waals surface area contributed by atoms with Crippen molar-refractivity contribution in [2.75, 3.05) is 0 Å². The summed E-state index contributed by atoms with van der Waals surface area (Å²) in [5.74, 6) is -0.0856. The zero-order valence-corrected chi connectivity index (χ0v) is 5.89. The fourth-order valence-electron chi connectivity index (χ4n) is 0.999. The number of nitrogens with one attached hydrogen (secondary N) is 1. The molecule has 1 amide bonds. The topological polar surface area (TPSA) is 29.1 Å². The van der Waals surface area contributed by atoms with Gasteiger partial charge in [0.15, 0.2) is 0 Å². The van der Waals surface area contributed by atoms with Gasteiger partial charge in [0.2, 0.25) is 5.91 Å². The van der Waals surface area contributed by atoms with Gasteiger partial charge < -0.3 is 5.32 Å². The Bertz CT molecular complexity index is 176. The lowest BCUT2D eigenvalue weighted by atomic mass is 9.88. The molecule has 2 nitrogen and oxygen atoms in total. The number of hydrogen-bond donors (Lipinski definition) is 1. The van der Waals surface area contributed by atoms with Crippen LogP contribution >= 0.6 is 0 Å². The zero-order chi connectivity index (χ0) is 7.56. The van der Waals surface area contributed by atoms with Crippen LogP contribution in [-0.4, -0.2) is 11.9 Å². The van der Waals surface area contributed by atoms with Crippen molar-refractivity contribution in [1.82, 2.24) is 5.32 Å². The first kappa shape index (κ1) is 7.06. The van der Waals surface area contributed by atoms with Gasteiger partial charge in [-0.05, 0) is 18.9 Å². The molecular formula is C8H11NO.